The van der Waals surface area contributed by atoms with Gasteiger partial charge >= 0.3 is 0 Å². The molecule has 0 aliphatic heterocycles. The number of para-hydroxylation sites is 1. The zero-order chi connectivity index (χ0) is 21.8. The van der Waals surface area contributed by atoms with Crippen molar-refractivity contribution < 1.29 is 14.1 Å². The molecule has 0 N–H and O–H groups in total. The molecule has 2 heterocycles. The Bertz CT molecular complexity index is 1200. The number of ether oxygens (including phenoxy) is 1. The Hall–Kier alpha value is -3.73. The van der Waals surface area contributed by atoms with Crippen molar-refractivity contribution in [2.45, 2.75) is 24.4 Å². The van der Waals surface area contributed by atoms with Crippen LogP contribution in [0.1, 0.15) is 12.8 Å². The highest BCUT2D eigenvalue weighted by Gasteiger charge is 2.18. The topological polar surface area (TPSA) is 122 Å². The quantitative estimate of drug-likeness (QED) is 0.226. The Kier molecular flexibility index (Phi) is 5.94. The molecule has 0 spiro atoms. The van der Waals surface area contributed by atoms with E-state index in [0.29, 0.717) is 29.6 Å². The van der Waals surface area contributed by atoms with Gasteiger partial charge in [-0.25, -0.2) is 0 Å². The molecule has 0 atom stereocenters. The van der Waals surface area contributed by atoms with E-state index in [0.717, 1.165) is 22.3 Å². The number of aromatic nitrogens is 5. The summed E-state index contributed by atoms with van der Waals surface area (Å²) in [5.41, 5.74) is 1.48. The summed E-state index contributed by atoms with van der Waals surface area (Å²) in [6.45, 7) is 2.70. The number of nitrogens with zero attached hydrogens (tertiary/aromatic N) is 6. The monoisotopic (exact) mass is 438 g/mol. The van der Waals surface area contributed by atoms with Gasteiger partial charge in [0.1, 0.15) is 5.75 Å². The number of nitro groups is 1. The minimum Gasteiger partial charge on any atom is -0.496 e. The van der Waals surface area contributed by atoms with Gasteiger partial charge in [-0.3, -0.25) is 10.1 Å². The van der Waals surface area contributed by atoms with E-state index in [1.807, 2.05) is 35.8 Å². The molecule has 31 heavy (non-hydrogen) atoms. The molecule has 0 saturated carbocycles. The molecule has 158 valence electrons. The van der Waals surface area contributed by atoms with E-state index in [9.17, 15) is 10.1 Å². The van der Waals surface area contributed by atoms with Crippen LogP contribution in [0.3, 0.4) is 0 Å². The molecule has 0 radical (unpaired) electrons. The van der Waals surface area contributed by atoms with Crippen molar-refractivity contribution in [1.82, 2.24) is 25.0 Å². The van der Waals surface area contributed by atoms with Gasteiger partial charge in [-0.1, -0.05) is 23.9 Å². The summed E-state index contributed by atoms with van der Waals surface area (Å²) in [6.07, 6.45) is 0. The smallest absolute Gasteiger partial charge is 0.269 e. The Balaban J connectivity index is 1.50. The SMILES string of the molecule is CCn1c(SCc2nnc(-c3ccc([N+](=O)[O-])cc3)o2)nnc1-c1ccccc1OC. The van der Waals surface area contributed by atoms with Crippen molar-refractivity contribution in [2.75, 3.05) is 7.11 Å². The predicted octanol–water partition coefficient (Wildman–Crippen LogP) is 4.22. The summed E-state index contributed by atoms with van der Waals surface area (Å²) >= 11 is 1.43. The van der Waals surface area contributed by atoms with Crippen LogP contribution < -0.4 is 4.74 Å². The summed E-state index contributed by atoms with van der Waals surface area (Å²) in [4.78, 5) is 10.3. The largest absolute Gasteiger partial charge is 0.496 e. The third-order valence-electron chi connectivity index (χ3n) is 4.50. The van der Waals surface area contributed by atoms with Gasteiger partial charge in [-0.15, -0.1) is 20.4 Å². The Labute approximate surface area is 181 Å². The van der Waals surface area contributed by atoms with Crippen molar-refractivity contribution in [1.29, 1.82) is 0 Å². The van der Waals surface area contributed by atoms with Gasteiger partial charge in [0, 0.05) is 24.2 Å². The molecule has 0 fully saturated rings. The zero-order valence-electron chi connectivity index (χ0n) is 16.8. The number of nitro benzene ring substituents is 1. The number of hydrogen-bond donors (Lipinski definition) is 0. The number of rotatable bonds is 8. The van der Waals surface area contributed by atoms with Gasteiger partial charge in [0.2, 0.25) is 11.8 Å². The van der Waals surface area contributed by atoms with Crippen molar-refractivity contribution in [3.63, 3.8) is 0 Å². The first-order chi connectivity index (χ1) is 15.1. The number of benzene rings is 2. The summed E-state index contributed by atoms with van der Waals surface area (Å²) in [5, 5.41) is 28.3. The zero-order valence-corrected chi connectivity index (χ0v) is 17.6. The van der Waals surface area contributed by atoms with Crippen LogP contribution >= 0.6 is 11.8 Å². The van der Waals surface area contributed by atoms with Gasteiger partial charge in [0.15, 0.2) is 11.0 Å². The molecular weight excluding hydrogens is 420 g/mol. The van der Waals surface area contributed by atoms with Crippen LogP contribution in [0.15, 0.2) is 58.1 Å². The maximum atomic E-state index is 10.8. The van der Waals surface area contributed by atoms with Crippen molar-refractivity contribution in [3.8, 4) is 28.6 Å². The van der Waals surface area contributed by atoms with Crippen molar-refractivity contribution in [2.24, 2.45) is 0 Å². The number of methoxy groups -OCH3 is 1. The van der Waals surface area contributed by atoms with Crippen LogP contribution in [0.4, 0.5) is 5.69 Å². The average molecular weight is 438 g/mol. The third kappa shape index (κ3) is 4.26. The van der Waals surface area contributed by atoms with Gasteiger partial charge in [-0.05, 0) is 31.2 Å². The summed E-state index contributed by atoms with van der Waals surface area (Å²) in [5.74, 6) is 2.58. The van der Waals surface area contributed by atoms with E-state index in [4.69, 9.17) is 9.15 Å². The van der Waals surface area contributed by atoms with Crippen LogP contribution in [0.2, 0.25) is 0 Å². The normalized spacial score (nSPS) is 10.9. The van der Waals surface area contributed by atoms with E-state index in [1.54, 1.807) is 19.2 Å². The second kappa shape index (κ2) is 8.96. The molecule has 0 unspecified atom stereocenters. The standard InChI is InChI=1S/C20H18N6O4S/c1-3-25-18(15-6-4-5-7-16(15)29-2)22-24-20(25)31-12-17-21-23-19(30-17)13-8-10-14(11-9-13)26(27)28/h4-11H,3,12H2,1-2H3. The Morgan fingerprint density at radius 3 is 2.58 bits per heavy atom. The fourth-order valence-corrected chi connectivity index (χ4v) is 3.83. The van der Waals surface area contributed by atoms with Gasteiger partial charge in [0.05, 0.1) is 23.3 Å². The van der Waals surface area contributed by atoms with Crippen molar-refractivity contribution in [3.05, 3.63) is 64.5 Å². The Morgan fingerprint density at radius 1 is 1.10 bits per heavy atom. The van der Waals surface area contributed by atoms with Crippen molar-refractivity contribution >= 4 is 17.4 Å². The summed E-state index contributed by atoms with van der Waals surface area (Å²) < 4.78 is 13.1. The summed E-state index contributed by atoms with van der Waals surface area (Å²) in [7, 11) is 1.62. The minimum atomic E-state index is -0.456. The molecule has 11 heteroatoms. The van der Waals surface area contributed by atoms with Crippen LogP contribution in [0, 0.1) is 10.1 Å². The maximum Gasteiger partial charge on any atom is 0.269 e. The molecule has 0 aliphatic carbocycles. The number of non-ortho nitro benzene ring substituents is 1. The molecule has 2 aromatic carbocycles. The summed E-state index contributed by atoms with van der Waals surface area (Å²) in [6, 6.07) is 13.6. The number of hydrogen-bond acceptors (Lipinski definition) is 9. The molecular formula is C20H18N6O4S. The fourth-order valence-electron chi connectivity index (χ4n) is 2.99. The highest BCUT2D eigenvalue weighted by atomic mass is 32.2. The van der Waals surface area contributed by atoms with E-state index in [-0.39, 0.29) is 5.69 Å². The first-order valence-corrected chi connectivity index (χ1v) is 10.4. The maximum absolute atomic E-state index is 10.8. The molecule has 4 aromatic rings. The number of thioether (sulfide) groups is 1. The molecule has 0 amide bonds. The predicted molar refractivity (Wildman–Crippen MR) is 114 cm³/mol. The molecule has 2 aromatic heterocycles. The lowest BCUT2D eigenvalue weighted by Gasteiger charge is -2.09. The van der Waals surface area contributed by atoms with E-state index in [1.165, 1.54) is 23.9 Å². The molecule has 0 saturated heterocycles. The van der Waals surface area contributed by atoms with Gasteiger partial charge in [-0.2, -0.15) is 0 Å². The second-order valence-corrected chi connectivity index (χ2v) is 7.29. The molecule has 4 rings (SSSR count). The van der Waals surface area contributed by atoms with E-state index in [2.05, 4.69) is 20.4 Å². The fraction of sp³-hybridized carbons (Fsp3) is 0.200. The third-order valence-corrected chi connectivity index (χ3v) is 5.45. The van der Waals surface area contributed by atoms with Crippen LogP contribution in [0.5, 0.6) is 5.75 Å². The second-order valence-electron chi connectivity index (χ2n) is 6.34. The van der Waals surface area contributed by atoms with Gasteiger partial charge in [0.25, 0.3) is 5.69 Å². The molecule has 0 bridgehead atoms. The minimum absolute atomic E-state index is 0.00352. The lowest BCUT2D eigenvalue weighted by atomic mass is 10.2. The highest BCUT2D eigenvalue weighted by molar-refractivity contribution is 7.98. The lowest BCUT2D eigenvalue weighted by Crippen LogP contribution is -2.01. The van der Waals surface area contributed by atoms with Crippen LogP contribution in [-0.4, -0.2) is 37.0 Å². The van der Waals surface area contributed by atoms with E-state index >= 15 is 0 Å². The molecule has 10 nitrogen and oxygen atoms in total. The first-order valence-electron chi connectivity index (χ1n) is 9.37. The highest BCUT2D eigenvalue weighted by Crippen LogP contribution is 2.32. The van der Waals surface area contributed by atoms with E-state index < -0.39 is 4.92 Å². The van der Waals surface area contributed by atoms with Gasteiger partial charge < -0.3 is 13.7 Å². The molecule has 0 aliphatic rings. The first kappa shape index (κ1) is 20.5. The Morgan fingerprint density at radius 2 is 1.87 bits per heavy atom. The lowest BCUT2D eigenvalue weighted by molar-refractivity contribution is -0.384. The van der Waals surface area contributed by atoms with Crippen LogP contribution in [-0.2, 0) is 12.3 Å². The average Bonchev–Trinajstić information content (AvgIpc) is 3.44. The van der Waals surface area contributed by atoms with Crippen LogP contribution in [0.25, 0.3) is 22.8 Å².